The van der Waals surface area contributed by atoms with Crippen LogP contribution in [0, 0.1) is 0 Å². The van der Waals surface area contributed by atoms with Crippen molar-refractivity contribution in [1.29, 1.82) is 0 Å². The van der Waals surface area contributed by atoms with E-state index in [1.54, 1.807) is 6.07 Å². The van der Waals surface area contributed by atoms with Gasteiger partial charge in [-0.1, -0.05) is 6.58 Å². The van der Waals surface area contributed by atoms with E-state index in [9.17, 15) is 4.79 Å². The molecule has 0 aliphatic rings. The Kier molecular flexibility index (Phi) is 3.87. The van der Waals surface area contributed by atoms with Crippen molar-refractivity contribution in [2.75, 3.05) is 14.2 Å². The van der Waals surface area contributed by atoms with Gasteiger partial charge in [0.15, 0.2) is 0 Å². The van der Waals surface area contributed by atoms with E-state index in [4.69, 9.17) is 15.2 Å². The molecule has 1 rings (SSSR count). The molecule has 5 nitrogen and oxygen atoms in total. The maximum atomic E-state index is 11.3. The van der Waals surface area contributed by atoms with Crippen molar-refractivity contribution in [1.82, 2.24) is 0 Å². The summed E-state index contributed by atoms with van der Waals surface area (Å²) in [5, 5.41) is 0. The Hall–Kier alpha value is -2.30. The highest BCUT2D eigenvalue weighted by Crippen LogP contribution is 2.32. The number of carbonyl (C=O) groups excluding carboxylic acids is 1. The van der Waals surface area contributed by atoms with Crippen LogP contribution in [0.3, 0.4) is 0 Å². The Labute approximate surface area is 99.6 Å². The lowest BCUT2D eigenvalue weighted by molar-refractivity contribution is 0.0997. The van der Waals surface area contributed by atoms with Crippen molar-refractivity contribution in [3.8, 4) is 5.75 Å². The van der Waals surface area contributed by atoms with Crippen LogP contribution < -0.4 is 10.5 Å². The van der Waals surface area contributed by atoms with Gasteiger partial charge in [0, 0.05) is 11.6 Å². The minimum absolute atomic E-state index is 0.244. The van der Waals surface area contributed by atoms with Crippen LogP contribution in [0.5, 0.6) is 5.75 Å². The van der Waals surface area contributed by atoms with Gasteiger partial charge in [-0.2, -0.15) is 0 Å². The average Bonchev–Trinajstić information content (AvgIpc) is 2.35. The predicted octanol–water partition coefficient (Wildman–Crippen LogP) is 1.74. The summed E-state index contributed by atoms with van der Waals surface area (Å²) in [6.45, 7) is 7.14. The van der Waals surface area contributed by atoms with Crippen molar-refractivity contribution in [2.24, 2.45) is 10.7 Å². The van der Waals surface area contributed by atoms with E-state index in [1.165, 1.54) is 20.3 Å². The second-order valence-electron chi connectivity index (χ2n) is 3.22. The monoisotopic (exact) mass is 234 g/mol. The molecule has 0 aliphatic heterocycles. The molecule has 0 spiro atoms. The Morgan fingerprint density at radius 3 is 2.41 bits per heavy atom. The minimum atomic E-state index is -0.595. The summed E-state index contributed by atoms with van der Waals surface area (Å²) >= 11 is 0. The van der Waals surface area contributed by atoms with E-state index in [1.807, 2.05) is 0 Å². The fourth-order valence-corrected chi connectivity index (χ4v) is 1.39. The van der Waals surface area contributed by atoms with E-state index in [2.05, 4.69) is 18.3 Å². The number of aliphatic imine (C=N–C) groups is 1. The van der Waals surface area contributed by atoms with Gasteiger partial charge in [0.2, 0.25) is 0 Å². The normalized spacial score (nSPS) is 9.53. The number of nitrogens with zero attached hydrogens (tertiary/aromatic N) is 1. The maximum Gasteiger partial charge on any atom is 0.252 e. The lowest BCUT2D eigenvalue weighted by atomic mass is 10.1. The molecule has 0 aromatic heterocycles. The molecule has 0 unspecified atom stereocenters. The second-order valence-corrected chi connectivity index (χ2v) is 3.22. The first kappa shape index (κ1) is 12.8. The van der Waals surface area contributed by atoms with Gasteiger partial charge >= 0.3 is 0 Å². The van der Waals surface area contributed by atoms with E-state index >= 15 is 0 Å². The van der Waals surface area contributed by atoms with Crippen molar-refractivity contribution in [3.63, 3.8) is 0 Å². The van der Waals surface area contributed by atoms with Crippen LogP contribution in [0.25, 0.3) is 5.76 Å². The van der Waals surface area contributed by atoms with Gasteiger partial charge in [0.25, 0.3) is 5.91 Å². The summed E-state index contributed by atoms with van der Waals surface area (Å²) in [6.07, 6.45) is 0. The number of hydrogen-bond acceptors (Lipinski definition) is 4. The summed E-state index contributed by atoms with van der Waals surface area (Å²) in [6, 6.07) is 3.09. The largest absolute Gasteiger partial charge is 0.497 e. The number of benzene rings is 1. The Bertz CT molecular complexity index is 481. The predicted molar refractivity (Wildman–Crippen MR) is 66.8 cm³/mol. The zero-order valence-corrected chi connectivity index (χ0v) is 9.82. The summed E-state index contributed by atoms with van der Waals surface area (Å²) in [5.74, 6) is 0.118. The third-order valence-corrected chi connectivity index (χ3v) is 2.30. The first-order valence-corrected chi connectivity index (χ1v) is 4.77. The standard InChI is InChI=1S/C12H14N2O3/c1-7(16-3)8-5-9(12(13)15)11(17-4)6-10(8)14-2/h5-6H,1-2H2,3-4H3,(H2,13,15). The van der Waals surface area contributed by atoms with Gasteiger partial charge < -0.3 is 15.2 Å². The topological polar surface area (TPSA) is 73.9 Å². The first-order chi connectivity index (χ1) is 8.04. The van der Waals surface area contributed by atoms with Gasteiger partial charge in [0.05, 0.1) is 25.5 Å². The number of nitrogens with two attached hydrogens (primary N) is 1. The summed E-state index contributed by atoms with van der Waals surface area (Å²) in [5.41, 5.74) is 6.57. The van der Waals surface area contributed by atoms with E-state index in [0.717, 1.165) is 0 Å². The molecule has 17 heavy (non-hydrogen) atoms. The van der Waals surface area contributed by atoms with Crippen LogP contribution in [-0.2, 0) is 4.74 Å². The minimum Gasteiger partial charge on any atom is -0.497 e. The number of rotatable bonds is 5. The van der Waals surface area contributed by atoms with Crippen LogP contribution in [-0.4, -0.2) is 26.8 Å². The summed E-state index contributed by atoms with van der Waals surface area (Å²) in [7, 11) is 2.92. The van der Waals surface area contributed by atoms with Crippen LogP contribution in [0.4, 0.5) is 5.69 Å². The number of hydrogen-bond donors (Lipinski definition) is 1. The third-order valence-electron chi connectivity index (χ3n) is 2.30. The van der Waals surface area contributed by atoms with Crippen molar-refractivity contribution in [2.45, 2.75) is 0 Å². The molecule has 1 aromatic rings. The molecule has 0 saturated heterocycles. The molecule has 0 bridgehead atoms. The Morgan fingerprint density at radius 2 is 2.00 bits per heavy atom. The zero-order valence-electron chi connectivity index (χ0n) is 9.82. The summed E-state index contributed by atoms with van der Waals surface area (Å²) in [4.78, 5) is 15.1. The molecule has 0 radical (unpaired) electrons. The number of primary amides is 1. The molecule has 0 heterocycles. The highest BCUT2D eigenvalue weighted by molar-refractivity contribution is 5.97. The molecule has 0 fully saturated rings. The van der Waals surface area contributed by atoms with Crippen molar-refractivity contribution in [3.05, 3.63) is 29.8 Å². The molecule has 1 aromatic carbocycles. The molecule has 0 atom stereocenters. The number of ether oxygens (including phenoxy) is 2. The zero-order chi connectivity index (χ0) is 13.0. The van der Waals surface area contributed by atoms with E-state index in [0.29, 0.717) is 22.8 Å². The van der Waals surface area contributed by atoms with Crippen LogP contribution in [0.2, 0.25) is 0 Å². The molecule has 0 saturated carbocycles. The van der Waals surface area contributed by atoms with Crippen LogP contribution >= 0.6 is 0 Å². The molecule has 90 valence electrons. The maximum absolute atomic E-state index is 11.3. The SMILES string of the molecule is C=Nc1cc(OC)c(C(N)=O)cc1C(=C)OC. The highest BCUT2D eigenvalue weighted by atomic mass is 16.5. The van der Waals surface area contributed by atoms with Gasteiger partial charge in [-0.15, -0.1) is 0 Å². The van der Waals surface area contributed by atoms with Gasteiger partial charge in [-0.3, -0.25) is 9.79 Å². The molecule has 1 amide bonds. The third kappa shape index (κ3) is 2.44. The number of amides is 1. The lowest BCUT2D eigenvalue weighted by Gasteiger charge is -2.12. The number of methoxy groups -OCH3 is 2. The van der Waals surface area contributed by atoms with Crippen molar-refractivity contribution < 1.29 is 14.3 Å². The fraction of sp³-hybridized carbons (Fsp3) is 0.167. The highest BCUT2D eigenvalue weighted by Gasteiger charge is 2.15. The Morgan fingerprint density at radius 1 is 1.35 bits per heavy atom. The fourth-order valence-electron chi connectivity index (χ4n) is 1.39. The van der Waals surface area contributed by atoms with Gasteiger partial charge in [-0.05, 0) is 12.8 Å². The molecular formula is C12H14N2O3. The van der Waals surface area contributed by atoms with E-state index in [-0.39, 0.29) is 5.56 Å². The molecule has 5 heteroatoms. The molecule has 0 aliphatic carbocycles. The van der Waals surface area contributed by atoms with Gasteiger partial charge in [-0.25, -0.2) is 0 Å². The van der Waals surface area contributed by atoms with Crippen LogP contribution in [0.1, 0.15) is 15.9 Å². The van der Waals surface area contributed by atoms with E-state index < -0.39 is 5.91 Å². The molecular weight excluding hydrogens is 220 g/mol. The first-order valence-electron chi connectivity index (χ1n) is 4.77. The smallest absolute Gasteiger partial charge is 0.252 e. The average molecular weight is 234 g/mol. The van der Waals surface area contributed by atoms with Gasteiger partial charge in [0.1, 0.15) is 11.5 Å². The lowest BCUT2D eigenvalue weighted by Crippen LogP contribution is -2.13. The molecule has 2 N–H and O–H groups in total. The second kappa shape index (κ2) is 5.16. The van der Waals surface area contributed by atoms with Crippen LogP contribution in [0.15, 0.2) is 23.7 Å². The summed E-state index contributed by atoms with van der Waals surface area (Å²) < 4.78 is 10.1. The van der Waals surface area contributed by atoms with Crippen molar-refractivity contribution >= 4 is 24.1 Å². The quantitative estimate of drug-likeness (QED) is 0.623. The number of carbonyl (C=O) groups is 1. The Balaban J connectivity index is 3.49.